The Morgan fingerprint density at radius 2 is 1.38 bits per heavy atom. The number of methoxy groups -OCH3 is 4. The maximum Gasteiger partial charge on any atom is 0.113 e. The minimum absolute atomic E-state index is 0.0108. The molecule has 2 rings (SSSR count). The smallest absolute Gasteiger partial charge is 0.113 e. The predicted molar refractivity (Wildman–Crippen MR) is 95.2 cm³/mol. The first-order valence-corrected chi connectivity index (χ1v) is 8.70. The minimum atomic E-state index is -0.547. The summed E-state index contributed by atoms with van der Waals surface area (Å²) in [6.07, 6.45) is -1.34. The maximum atomic E-state index is 6.01. The third-order valence-electron chi connectivity index (χ3n) is 4.98. The highest BCUT2D eigenvalue weighted by atomic mass is 16.7. The van der Waals surface area contributed by atoms with Gasteiger partial charge in [-0.3, -0.25) is 4.84 Å². The second kappa shape index (κ2) is 10.4. The van der Waals surface area contributed by atoms with Crippen molar-refractivity contribution in [1.29, 1.82) is 0 Å². The van der Waals surface area contributed by atoms with Crippen molar-refractivity contribution in [2.24, 2.45) is 5.92 Å². The highest BCUT2D eigenvalue weighted by molar-refractivity contribution is 6.12. The summed E-state index contributed by atoms with van der Waals surface area (Å²) in [4.78, 5) is 5.84. The van der Waals surface area contributed by atoms with Gasteiger partial charge in [0, 0.05) is 60.0 Å². The molecule has 2 aliphatic rings. The molecule has 2 heterocycles. The van der Waals surface area contributed by atoms with E-state index >= 15 is 0 Å². The summed E-state index contributed by atoms with van der Waals surface area (Å²) in [7, 11) is 20.2. The fraction of sp³-hybridized carbons (Fsp3) is 1.00. The molecular formula is C16H29B2NO7. The van der Waals surface area contributed by atoms with E-state index < -0.39 is 12.0 Å². The lowest BCUT2D eigenvalue weighted by atomic mass is 9.87. The molecule has 0 N–H and O–H groups in total. The average Bonchev–Trinajstić information content (AvgIpc) is 3.08. The van der Waals surface area contributed by atoms with Gasteiger partial charge in [0.15, 0.2) is 0 Å². The summed E-state index contributed by atoms with van der Waals surface area (Å²) < 4.78 is 33.0. The van der Waals surface area contributed by atoms with Gasteiger partial charge in [-0.25, -0.2) is 0 Å². The van der Waals surface area contributed by atoms with Crippen molar-refractivity contribution < 1.29 is 33.3 Å². The standard InChI is InChI=1S/C16H29B2NO7/c1-19(6-9-10(7-20-2)25-15(17)12(9)21-3)24-8-11-13(22-4)14(23-5)16(18)26-11/h9-16H,6-8H2,1-5H3/t9-,10-,11?,12-,13-,14-,15-,16-/m1/s1. The van der Waals surface area contributed by atoms with Gasteiger partial charge in [0.2, 0.25) is 0 Å². The number of ether oxygens (including phenoxy) is 6. The van der Waals surface area contributed by atoms with E-state index in [1.807, 2.05) is 7.05 Å². The van der Waals surface area contributed by atoms with Crippen molar-refractivity contribution in [3.8, 4) is 0 Å². The molecule has 0 aromatic heterocycles. The second-order valence-corrected chi connectivity index (χ2v) is 6.60. The van der Waals surface area contributed by atoms with E-state index in [0.29, 0.717) is 13.2 Å². The zero-order chi connectivity index (χ0) is 19.3. The van der Waals surface area contributed by atoms with Gasteiger partial charge >= 0.3 is 0 Å². The Bertz CT molecular complexity index is 422. The third-order valence-corrected chi connectivity index (χ3v) is 4.98. The average molecular weight is 369 g/mol. The largest absolute Gasteiger partial charge is 0.382 e. The van der Waals surface area contributed by atoms with Gasteiger partial charge in [0.05, 0.1) is 25.4 Å². The highest BCUT2D eigenvalue weighted by Crippen LogP contribution is 2.29. The van der Waals surface area contributed by atoms with Crippen molar-refractivity contribution in [2.45, 2.75) is 42.5 Å². The Balaban J connectivity index is 1.88. The van der Waals surface area contributed by atoms with Gasteiger partial charge < -0.3 is 28.4 Å². The Morgan fingerprint density at radius 1 is 0.808 bits per heavy atom. The van der Waals surface area contributed by atoms with E-state index in [4.69, 9.17) is 49.0 Å². The monoisotopic (exact) mass is 369 g/mol. The molecule has 26 heavy (non-hydrogen) atoms. The Hall–Kier alpha value is -0.190. The minimum Gasteiger partial charge on any atom is -0.382 e. The molecule has 8 atom stereocenters. The molecule has 4 radical (unpaired) electrons. The molecule has 0 aromatic carbocycles. The van der Waals surface area contributed by atoms with Crippen LogP contribution in [0.1, 0.15) is 0 Å². The molecule has 0 aliphatic carbocycles. The first-order valence-electron chi connectivity index (χ1n) is 8.70. The van der Waals surface area contributed by atoms with E-state index in [0.717, 1.165) is 0 Å². The van der Waals surface area contributed by atoms with Crippen LogP contribution in [0.4, 0.5) is 0 Å². The van der Waals surface area contributed by atoms with Crippen LogP contribution in [0, 0.1) is 5.92 Å². The van der Waals surface area contributed by atoms with Gasteiger partial charge in [-0.1, -0.05) is 0 Å². The SMILES string of the molecule is [B][C@@H]1O[C@H](COC)[C@@H](CN(C)OCC2O[C@@H]([B])[C@H](OC)[C@@H]2OC)[C@H]1OC. The molecular weight excluding hydrogens is 340 g/mol. The van der Waals surface area contributed by atoms with Gasteiger partial charge in [-0.05, 0) is 0 Å². The van der Waals surface area contributed by atoms with Gasteiger partial charge in [-0.2, -0.15) is 5.06 Å². The van der Waals surface area contributed by atoms with Crippen LogP contribution >= 0.6 is 0 Å². The summed E-state index contributed by atoms with van der Waals surface area (Å²) in [6.45, 7) is 1.28. The molecule has 0 saturated carbocycles. The number of hydrogen-bond acceptors (Lipinski definition) is 8. The molecule has 146 valence electrons. The van der Waals surface area contributed by atoms with Crippen LogP contribution in [0.3, 0.4) is 0 Å². The molecule has 0 bridgehead atoms. The zero-order valence-electron chi connectivity index (χ0n) is 16.2. The lowest BCUT2D eigenvalue weighted by molar-refractivity contribution is -0.186. The maximum absolute atomic E-state index is 6.01. The van der Waals surface area contributed by atoms with Crippen molar-refractivity contribution in [2.75, 3.05) is 55.2 Å². The highest BCUT2D eigenvalue weighted by Gasteiger charge is 2.44. The molecule has 2 fully saturated rings. The number of nitrogens with zero attached hydrogens (tertiary/aromatic N) is 1. The quantitative estimate of drug-likeness (QED) is 0.357. The summed E-state index contributed by atoms with van der Waals surface area (Å²) in [5, 5.41) is 1.72. The third kappa shape index (κ3) is 4.99. The van der Waals surface area contributed by atoms with Crippen LogP contribution in [0.5, 0.6) is 0 Å². The first-order chi connectivity index (χ1) is 12.5. The molecule has 2 saturated heterocycles. The lowest BCUT2D eigenvalue weighted by Crippen LogP contribution is -2.42. The molecule has 0 amide bonds. The van der Waals surface area contributed by atoms with E-state index in [2.05, 4.69) is 0 Å². The van der Waals surface area contributed by atoms with Crippen molar-refractivity contribution >= 4 is 15.7 Å². The molecule has 0 spiro atoms. The van der Waals surface area contributed by atoms with Crippen LogP contribution in [0.2, 0.25) is 0 Å². The summed E-state index contributed by atoms with van der Waals surface area (Å²) in [6, 6.07) is -1.04. The van der Waals surface area contributed by atoms with Gasteiger partial charge in [-0.15, -0.1) is 0 Å². The Labute approximate surface area is 158 Å². The van der Waals surface area contributed by atoms with Crippen LogP contribution in [0.25, 0.3) is 0 Å². The van der Waals surface area contributed by atoms with Gasteiger partial charge in [0.1, 0.15) is 34.0 Å². The van der Waals surface area contributed by atoms with Crippen LogP contribution in [0.15, 0.2) is 0 Å². The first kappa shape index (κ1) is 22.1. The summed E-state index contributed by atoms with van der Waals surface area (Å²) in [5.74, 6) is 0.0108. The Kier molecular flexibility index (Phi) is 8.82. The van der Waals surface area contributed by atoms with Crippen molar-refractivity contribution in [3.05, 3.63) is 0 Å². The lowest BCUT2D eigenvalue weighted by Gasteiger charge is -2.28. The van der Waals surface area contributed by atoms with E-state index in [-0.39, 0.29) is 43.0 Å². The number of hydroxylamine groups is 2. The topological polar surface area (TPSA) is 67.9 Å². The summed E-state index contributed by atoms with van der Waals surface area (Å²) in [5.41, 5.74) is 0. The van der Waals surface area contributed by atoms with Crippen LogP contribution in [-0.2, 0) is 33.3 Å². The fourth-order valence-corrected chi connectivity index (χ4v) is 3.69. The molecule has 0 aromatic rings. The zero-order valence-corrected chi connectivity index (χ0v) is 16.2. The van der Waals surface area contributed by atoms with E-state index in [9.17, 15) is 0 Å². The molecule has 2 aliphatic heterocycles. The molecule has 10 heteroatoms. The fourth-order valence-electron chi connectivity index (χ4n) is 3.69. The number of rotatable bonds is 10. The second-order valence-electron chi connectivity index (χ2n) is 6.60. The Morgan fingerprint density at radius 3 is 1.96 bits per heavy atom. The van der Waals surface area contributed by atoms with E-state index in [1.165, 1.54) is 0 Å². The van der Waals surface area contributed by atoms with Gasteiger partial charge in [0.25, 0.3) is 0 Å². The van der Waals surface area contributed by atoms with Crippen molar-refractivity contribution in [1.82, 2.24) is 5.06 Å². The number of hydrogen-bond donors (Lipinski definition) is 0. The molecule has 8 nitrogen and oxygen atoms in total. The van der Waals surface area contributed by atoms with Crippen LogP contribution < -0.4 is 0 Å². The molecule has 1 unspecified atom stereocenters. The van der Waals surface area contributed by atoms with E-state index in [1.54, 1.807) is 33.5 Å². The predicted octanol–water partition coefficient (Wildman–Crippen LogP) is -1.06. The normalized spacial score (nSPS) is 40.5. The summed E-state index contributed by atoms with van der Waals surface area (Å²) >= 11 is 0. The van der Waals surface area contributed by atoms with Crippen LogP contribution in [-0.4, -0.2) is 119 Å². The van der Waals surface area contributed by atoms with Crippen molar-refractivity contribution in [3.63, 3.8) is 0 Å².